The van der Waals surface area contributed by atoms with Gasteiger partial charge in [0.05, 0.1) is 97.3 Å². The van der Waals surface area contributed by atoms with E-state index in [2.05, 4.69) is 101 Å². The number of carbonyl (C=O) groups excluding carboxylic acids is 6. The lowest BCUT2D eigenvalue weighted by Crippen LogP contribution is -2.30. The van der Waals surface area contributed by atoms with Gasteiger partial charge in [0, 0.05) is 104 Å². The second-order valence-corrected chi connectivity index (χ2v) is 35.3. The van der Waals surface area contributed by atoms with Gasteiger partial charge in [0.15, 0.2) is 0 Å². The largest absolute Gasteiger partial charge is 0.483 e. The molecule has 670 valence electrons. The van der Waals surface area contributed by atoms with Crippen LogP contribution in [0, 0.1) is 0 Å². The fourth-order valence-electron chi connectivity index (χ4n) is 18.8. The number of hydrogen-bond donors (Lipinski definition) is 7. The number of halogens is 1. The molecule has 0 radical (unpaired) electrons. The molecule has 7 aromatic carbocycles. The highest BCUT2D eigenvalue weighted by molar-refractivity contribution is 9.10. The summed E-state index contributed by atoms with van der Waals surface area (Å²) in [5, 5.41) is 48.6. The van der Waals surface area contributed by atoms with Crippen molar-refractivity contribution in [2.45, 2.75) is 154 Å². The molecule has 6 amide bonds. The van der Waals surface area contributed by atoms with E-state index >= 15 is 0 Å². The molecule has 134 heavy (non-hydrogen) atoms. The summed E-state index contributed by atoms with van der Waals surface area (Å²) >= 11 is 3.41. The van der Waals surface area contributed by atoms with Crippen LogP contribution in [0.1, 0.15) is 229 Å². The molecule has 2 fully saturated rings. The van der Waals surface area contributed by atoms with Crippen LogP contribution in [0.2, 0.25) is 0 Å². The Bertz CT molecular complexity index is 7400. The number of nitrogens with one attached hydrogen (secondary N) is 4. The first-order valence-electron chi connectivity index (χ1n) is 45.1. The van der Waals surface area contributed by atoms with E-state index in [0.29, 0.717) is 106 Å². The predicted molar refractivity (Wildman–Crippen MR) is 515 cm³/mol. The van der Waals surface area contributed by atoms with Crippen molar-refractivity contribution in [2.75, 3.05) is 0 Å². The zero-order valence-corrected chi connectivity index (χ0v) is 74.7. The summed E-state index contributed by atoms with van der Waals surface area (Å²) < 4.78 is 0.829. The van der Waals surface area contributed by atoms with Crippen LogP contribution >= 0.6 is 15.9 Å². The van der Waals surface area contributed by atoms with E-state index < -0.39 is 7.12 Å². The van der Waals surface area contributed by atoms with E-state index in [1.54, 1.807) is 110 Å². The Hall–Kier alpha value is -15.0. The van der Waals surface area contributed by atoms with Crippen molar-refractivity contribution >= 4 is 107 Å². The highest BCUT2D eigenvalue weighted by atomic mass is 79.9. The lowest BCUT2D eigenvalue weighted by molar-refractivity contribution is 0.0625. The summed E-state index contributed by atoms with van der Waals surface area (Å²) in [6.45, 7) is 0.189. The second kappa shape index (κ2) is 40.0. The number of allylic oxidation sites excluding steroid dienone is 4. The first-order valence-corrected chi connectivity index (χ1v) is 45.9. The zero-order valence-electron chi connectivity index (χ0n) is 73.1. The number of nitrogens with zero attached hydrogens (tertiary/aromatic N) is 11. The van der Waals surface area contributed by atoms with Crippen molar-refractivity contribution in [3.05, 3.63) is 356 Å². The number of aromatic nitrogens is 12. The third kappa shape index (κ3) is 19.0. The summed E-state index contributed by atoms with van der Waals surface area (Å²) in [6, 6.07) is 51.0. The van der Waals surface area contributed by atoms with Gasteiger partial charge in [0.25, 0.3) is 57.7 Å². The van der Waals surface area contributed by atoms with E-state index in [0.717, 1.165) is 102 Å². The van der Waals surface area contributed by atoms with Gasteiger partial charge in [-0.1, -0.05) is 111 Å². The molecule has 4 aliphatic carbocycles. The molecule has 0 spiro atoms. The quantitative estimate of drug-likeness (QED) is 0.0370. The maximum absolute atomic E-state index is 12.9. The average Bonchev–Trinajstić information content (AvgIpc) is 1.53. The molecule has 28 nitrogen and oxygen atoms in total. The van der Waals surface area contributed by atoms with E-state index in [1.165, 1.54) is 110 Å². The number of imide groups is 3. The maximum atomic E-state index is 12.9. The molecule has 0 unspecified atom stereocenters. The minimum Gasteiger partial charge on any atom is -0.423 e. The van der Waals surface area contributed by atoms with Gasteiger partial charge in [-0.15, -0.1) is 0 Å². The van der Waals surface area contributed by atoms with E-state index in [-0.39, 0.29) is 83.9 Å². The van der Waals surface area contributed by atoms with Gasteiger partial charge < -0.3 is 15.8 Å². The SMILES string of the molecule is NCc1n[nH]c(=O)c2ccc(-c3cncc(C4CCCCC4)c3)cc12.O=C1c2ccccc2C(=O)N1Cc1n[nH]c(=O)c2ccc(-c3cncc(Br)c3)cc12.O=C1c2ccccc2C(=O)N1Cc1n[nH]c(=O)c2ccc(-c3cncc(C4=CCCCC4)c3)cc12.O=C1c2ccccc2C(=O)N1Cc1n[nH]c(=O)c2ccc(-c3cncc(C4CCCCC4)c3)cc12.OB(O)C1=CCCCC1. The van der Waals surface area contributed by atoms with E-state index in [9.17, 15) is 47.9 Å². The molecule has 30 heteroatoms. The molecule has 7 aliphatic rings. The number of carbonyl (C=O) groups is 6. The summed E-state index contributed by atoms with van der Waals surface area (Å²) in [5.41, 5.74) is 22.3. The summed E-state index contributed by atoms with van der Waals surface area (Å²) in [7, 11) is -1.20. The van der Waals surface area contributed by atoms with Gasteiger partial charge >= 0.3 is 7.12 Å². The van der Waals surface area contributed by atoms with E-state index in [1.807, 2.05) is 97.7 Å². The number of fused-ring (bicyclic) bond motifs is 7. The van der Waals surface area contributed by atoms with Gasteiger partial charge in [-0.3, -0.25) is 82.6 Å². The Morgan fingerprint density at radius 2 is 0.649 bits per heavy atom. The molecular formula is C104H92BBrN16O12. The number of benzene rings is 7. The highest BCUT2D eigenvalue weighted by Crippen LogP contribution is 2.40. The molecule has 15 aromatic rings. The van der Waals surface area contributed by atoms with Crippen LogP contribution in [-0.2, 0) is 26.2 Å². The molecule has 3 aliphatic heterocycles. The molecule has 0 saturated heterocycles. The fraction of sp³-hybridized carbons (Fsp3) is 0.231. The summed E-state index contributed by atoms with van der Waals surface area (Å²) in [4.78, 5) is 147. The van der Waals surface area contributed by atoms with Crippen molar-refractivity contribution < 1.29 is 38.8 Å². The normalized spacial score (nSPS) is 15.4. The van der Waals surface area contributed by atoms with Crippen LogP contribution in [0.4, 0.5) is 0 Å². The van der Waals surface area contributed by atoms with Crippen molar-refractivity contribution in [1.29, 1.82) is 0 Å². The second-order valence-electron chi connectivity index (χ2n) is 34.4. The van der Waals surface area contributed by atoms with Crippen LogP contribution in [0.5, 0.6) is 0 Å². The van der Waals surface area contributed by atoms with Crippen LogP contribution in [0.25, 0.3) is 93.2 Å². The molecule has 0 atom stereocenters. The molecule has 0 bridgehead atoms. The van der Waals surface area contributed by atoms with Crippen LogP contribution < -0.4 is 28.0 Å². The smallest absolute Gasteiger partial charge is 0.423 e. The fourth-order valence-corrected chi connectivity index (χ4v) is 19.2. The van der Waals surface area contributed by atoms with Gasteiger partial charge in [0.1, 0.15) is 0 Å². The van der Waals surface area contributed by atoms with Crippen molar-refractivity contribution in [2.24, 2.45) is 5.73 Å². The Balaban J connectivity index is 0.000000116. The number of pyridine rings is 4. The number of rotatable bonds is 15. The van der Waals surface area contributed by atoms with Crippen LogP contribution in [0.3, 0.4) is 0 Å². The van der Waals surface area contributed by atoms with Gasteiger partial charge in [-0.05, 0) is 264 Å². The van der Waals surface area contributed by atoms with Crippen molar-refractivity contribution in [3.8, 4) is 44.5 Å². The topological polar surface area (TPSA) is 413 Å². The molecular weight excluding hydrogens is 1760 g/mol. The Morgan fingerprint density at radius 3 is 0.978 bits per heavy atom. The molecule has 8 aromatic heterocycles. The first-order chi connectivity index (χ1) is 65.3. The average molecular weight is 1850 g/mol. The third-order valence-electron chi connectivity index (χ3n) is 26.0. The number of hydrogen-bond acceptors (Lipinski definition) is 21. The Labute approximate surface area is 776 Å². The van der Waals surface area contributed by atoms with E-state index in [4.69, 9.17) is 15.8 Å². The lowest BCUT2D eigenvalue weighted by atomic mass is 9.74. The minimum absolute atomic E-state index is 0.0244. The number of amides is 6. The lowest BCUT2D eigenvalue weighted by Gasteiger charge is -2.22. The van der Waals surface area contributed by atoms with Crippen LogP contribution in [0.15, 0.2) is 261 Å². The predicted octanol–water partition coefficient (Wildman–Crippen LogP) is 17.1. The van der Waals surface area contributed by atoms with Crippen molar-refractivity contribution in [3.63, 3.8) is 0 Å². The standard InChI is InChI=1S/C28H24N4O3.C28H22N4O3.C22H13BrN4O3.C20H22N4O.C6H11BO2/c2*33-26-21-11-10-18(20-12-19(14-29-15-20)17-6-2-1-3-7-17)13-24(21)25(30-31-26)16-32-27(34)22-8-4-5-9-23(22)28(32)35;23-14-7-13(9-24-10-14)12-5-6-15-18(8-12)19(25-26-20(15)28)11-27-21(29)16-3-1-2-4-17(16)22(27)30;21-10-19-18-9-14(6-7-17(18)20(25)24-23-19)16-8-15(11-22-12-16)13-4-2-1-3-5-13;8-7(9)6-4-2-1-3-5-6/h4-5,8-15,17H,1-3,6-7,16H2,(H,31,33);4-6,8-15H,1-3,7,16H2,(H,31,33);1-10H,11H2,(H,26,28);6-9,11-13H,1-5,10,21H2,(H,24,25);4,8-9H,1-3,5H2. The summed E-state index contributed by atoms with van der Waals surface area (Å²) in [6.07, 6.45) is 40.3. The van der Waals surface area contributed by atoms with Gasteiger partial charge in [0.2, 0.25) is 0 Å². The van der Waals surface area contributed by atoms with Crippen molar-refractivity contribution in [1.82, 2.24) is 75.4 Å². The molecule has 22 rings (SSSR count). The number of aromatic amines is 4. The molecule has 2 saturated carbocycles. The van der Waals surface area contributed by atoms with Gasteiger partial charge in [-0.2, -0.15) is 20.4 Å². The first kappa shape index (κ1) is 89.6. The highest BCUT2D eigenvalue weighted by Gasteiger charge is 2.39. The zero-order chi connectivity index (χ0) is 92.6. The summed E-state index contributed by atoms with van der Waals surface area (Å²) in [5.74, 6) is -1.02. The molecule has 11 heterocycles. The number of H-pyrrole nitrogens is 4. The minimum atomic E-state index is -1.20. The Morgan fingerprint density at radius 1 is 0.328 bits per heavy atom. The van der Waals surface area contributed by atoms with Gasteiger partial charge in [-0.25, -0.2) is 20.4 Å². The molecule has 8 N–H and O–H groups in total. The third-order valence-corrected chi connectivity index (χ3v) is 26.4. The Kier molecular flexibility index (Phi) is 26.7. The number of nitrogens with two attached hydrogens (primary N) is 1. The maximum Gasteiger partial charge on any atom is 0.483 e. The monoisotopic (exact) mass is 1850 g/mol. The van der Waals surface area contributed by atoms with Crippen LogP contribution in [-0.4, -0.2) is 128 Å².